The Morgan fingerprint density at radius 1 is 1.11 bits per heavy atom. The number of benzene rings is 2. The number of hydrogen-bond donors (Lipinski definition) is 1. The molecule has 0 saturated carbocycles. The number of ether oxygens (including phenoxy) is 1. The third-order valence-electron chi connectivity index (χ3n) is 3.69. The molecular weight excluding hydrogens is 400 g/mol. The molecular formula is C20H21ClN2O4S. The number of rotatable bonds is 8. The SMILES string of the molecule is CCSc1ccccc1C(=O)OCC(=O)N(C)CC(=O)Nc1ccccc1Cl. The molecule has 0 aliphatic carbocycles. The first-order valence-corrected chi connectivity index (χ1v) is 9.96. The average molecular weight is 421 g/mol. The van der Waals surface area contributed by atoms with Gasteiger partial charge in [-0.2, -0.15) is 0 Å². The Labute approximate surface area is 173 Å². The number of para-hydroxylation sites is 1. The van der Waals surface area contributed by atoms with Gasteiger partial charge in [0.2, 0.25) is 5.91 Å². The zero-order chi connectivity index (χ0) is 20.5. The number of nitrogens with zero attached hydrogens (tertiary/aromatic N) is 1. The van der Waals surface area contributed by atoms with Crippen LogP contribution in [0.2, 0.25) is 5.02 Å². The second-order valence-electron chi connectivity index (χ2n) is 5.78. The summed E-state index contributed by atoms with van der Waals surface area (Å²) in [5.74, 6) is -0.644. The van der Waals surface area contributed by atoms with E-state index in [1.807, 2.05) is 19.1 Å². The summed E-state index contributed by atoms with van der Waals surface area (Å²) < 4.78 is 5.12. The minimum absolute atomic E-state index is 0.191. The van der Waals surface area contributed by atoms with Crippen LogP contribution in [0.3, 0.4) is 0 Å². The average Bonchev–Trinajstić information content (AvgIpc) is 2.68. The number of carbonyl (C=O) groups excluding carboxylic acids is 3. The Morgan fingerprint density at radius 2 is 1.79 bits per heavy atom. The molecule has 0 spiro atoms. The van der Waals surface area contributed by atoms with Crippen LogP contribution in [0.5, 0.6) is 0 Å². The van der Waals surface area contributed by atoms with Gasteiger partial charge in [0.25, 0.3) is 5.91 Å². The molecule has 28 heavy (non-hydrogen) atoms. The maximum atomic E-state index is 12.3. The molecule has 0 aliphatic rings. The lowest BCUT2D eigenvalue weighted by Gasteiger charge is -2.17. The van der Waals surface area contributed by atoms with Crippen LogP contribution in [0.25, 0.3) is 0 Å². The highest BCUT2D eigenvalue weighted by molar-refractivity contribution is 7.99. The fourth-order valence-corrected chi connectivity index (χ4v) is 3.26. The van der Waals surface area contributed by atoms with Crippen molar-refractivity contribution in [3.05, 3.63) is 59.1 Å². The summed E-state index contributed by atoms with van der Waals surface area (Å²) in [6, 6.07) is 13.9. The number of thioether (sulfide) groups is 1. The van der Waals surface area contributed by atoms with Gasteiger partial charge in [-0.15, -0.1) is 11.8 Å². The molecule has 0 bridgehead atoms. The van der Waals surface area contributed by atoms with E-state index in [1.54, 1.807) is 36.4 Å². The van der Waals surface area contributed by atoms with Crippen LogP contribution in [0.1, 0.15) is 17.3 Å². The zero-order valence-electron chi connectivity index (χ0n) is 15.6. The van der Waals surface area contributed by atoms with Crippen LogP contribution in [-0.2, 0) is 14.3 Å². The fourth-order valence-electron chi connectivity index (χ4n) is 2.29. The molecule has 0 aromatic heterocycles. The summed E-state index contributed by atoms with van der Waals surface area (Å²) in [7, 11) is 1.46. The smallest absolute Gasteiger partial charge is 0.339 e. The summed E-state index contributed by atoms with van der Waals surface area (Å²) in [4.78, 5) is 38.5. The van der Waals surface area contributed by atoms with E-state index in [9.17, 15) is 14.4 Å². The molecule has 2 rings (SSSR count). The lowest BCUT2D eigenvalue weighted by Crippen LogP contribution is -2.37. The van der Waals surface area contributed by atoms with E-state index in [4.69, 9.17) is 16.3 Å². The molecule has 2 aromatic carbocycles. The Bertz CT molecular complexity index is 860. The van der Waals surface area contributed by atoms with Crippen molar-refractivity contribution in [3.8, 4) is 0 Å². The van der Waals surface area contributed by atoms with E-state index in [1.165, 1.54) is 23.7 Å². The fraction of sp³-hybridized carbons (Fsp3) is 0.250. The summed E-state index contributed by atoms with van der Waals surface area (Å²) >= 11 is 7.51. The molecule has 0 heterocycles. The molecule has 6 nitrogen and oxygen atoms in total. The minimum Gasteiger partial charge on any atom is -0.452 e. The van der Waals surface area contributed by atoms with Crippen molar-refractivity contribution in [1.29, 1.82) is 0 Å². The van der Waals surface area contributed by atoms with Gasteiger partial charge in [-0.1, -0.05) is 42.8 Å². The molecule has 0 fully saturated rings. The van der Waals surface area contributed by atoms with Crippen molar-refractivity contribution in [2.24, 2.45) is 0 Å². The van der Waals surface area contributed by atoms with Gasteiger partial charge in [-0.25, -0.2) is 4.79 Å². The predicted octanol–water partition coefficient (Wildman–Crippen LogP) is 3.71. The van der Waals surface area contributed by atoms with Gasteiger partial charge in [0.1, 0.15) is 0 Å². The van der Waals surface area contributed by atoms with E-state index in [-0.39, 0.29) is 6.54 Å². The van der Waals surface area contributed by atoms with E-state index in [0.717, 1.165) is 10.6 Å². The summed E-state index contributed by atoms with van der Waals surface area (Å²) in [6.45, 7) is 1.35. The van der Waals surface area contributed by atoms with Crippen molar-refractivity contribution in [2.45, 2.75) is 11.8 Å². The topological polar surface area (TPSA) is 75.7 Å². The Balaban J connectivity index is 1.86. The van der Waals surface area contributed by atoms with Gasteiger partial charge in [0, 0.05) is 11.9 Å². The standard InChI is InChI=1S/C20H21ClN2O4S/c1-3-28-17-11-7-4-8-14(17)20(26)27-13-19(25)23(2)12-18(24)22-16-10-6-5-9-15(16)21/h4-11H,3,12-13H2,1-2H3,(H,22,24). The quantitative estimate of drug-likeness (QED) is 0.520. The lowest BCUT2D eigenvalue weighted by molar-refractivity contribution is -0.136. The second-order valence-corrected chi connectivity index (χ2v) is 7.50. The van der Waals surface area contributed by atoms with Gasteiger partial charge in [0.15, 0.2) is 6.61 Å². The van der Waals surface area contributed by atoms with Crippen LogP contribution >= 0.6 is 23.4 Å². The van der Waals surface area contributed by atoms with Gasteiger partial charge in [-0.3, -0.25) is 9.59 Å². The Hall–Kier alpha value is -2.51. The summed E-state index contributed by atoms with van der Waals surface area (Å²) in [6.07, 6.45) is 0. The molecule has 0 atom stereocenters. The molecule has 0 unspecified atom stereocenters. The zero-order valence-corrected chi connectivity index (χ0v) is 17.2. The van der Waals surface area contributed by atoms with Crippen LogP contribution in [0, 0.1) is 0 Å². The first-order valence-electron chi connectivity index (χ1n) is 8.59. The van der Waals surface area contributed by atoms with Gasteiger partial charge in [0.05, 0.1) is 22.8 Å². The number of esters is 1. The Kier molecular flexibility index (Phi) is 8.35. The van der Waals surface area contributed by atoms with Crippen molar-refractivity contribution in [3.63, 3.8) is 0 Å². The molecule has 0 aliphatic heterocycles. The van der Waals surface area contributed by atoms with Crippen LogP contribution < -0.4 is 5.32 Å². The number of halogens is 1. The molecule has 8 heteroatoms. The molecule has 2 aromatic rings. The second kappa shape index (κ2) is 10.7. The minimum atomic E-state index is -0.571. The highest BCUT2D eigenvalue weighted by Gasteiger charge is 2.18. The maximum absolute atomic E-state index is 12.3. The van der Waals surface area contributed by atoms with Gasteiger partial charge >= 0.3 is 5.97 Å². The summed E-state index contributed by atoms with van der Waals surface area (Å²) in [5, 5.41) is 3.04. The molecule has 0 saturated heterocycles. The molecule has 0 radical (unpaired) electrons. The maximum Gasteiger partial charge on any atom is 0.339 e. The van der Waals surface area contributed by atoms with Gasteiger partial charge in [-0.05, 0) is 30.0 Å². The first-order chi connectivity index (χ1) is 13.4. The third-order valence-corrected chi connectivity index (χ3v) is 4.97. The number of hydrogen-bond acceptors (Lipinski definition) is 5. The van der Waals surface area contributed by atoms with Crippen molar-refractivity contribution < 1.29 is 19.1 Å². The van der Waals surface area contributed by atoms with E-state index < -0.39 is 24.4 Å². The number of nitrogens with one attached hydrogen (secondary N) is 1. The number of carbonyl (C=O) groups is 3. The molecule has 2 amide bonds. The normalized spacial score (nSPS) is 10.2. The van der Waals surface area contributed by atoms with Crippen molar-refractivity contribution in [1.82, 2.24) is 4.90 Å². The largest absolute Gasteiger partial charge is 0.452 e. The van der Waals surface area contributed by atoms with E-state index in [2.05, 4.69) is 5.32 Å². The van der Waals surface area contributed by atoms with Crippen molar-refractivity contribution in [2.75, 3.05) is 31.3 Å². The Morgan fingerprint density at radius 3 is 2.50 bits per heavy atom. The van der Waals surface area contributed by atoms with Crippen LogP contribution in [-0.4, -0.2) is 48.6 Å². The number of amides is 2. The highest BCUT2D eigenvalue weighted by atomic mass is 35.5. The van der Waals surface area contributed by atoms with E-state index in [0.29, 0.717) is 16.3 Å². The van der Waals surface area contributed by atoms with Crippen LogP contribution in [0.4, 0.5) is 5.69 Å². The highest BCUT2D eigenvalue weighted by Crippen LogP contribution is 2.23. The van der Waals surface area contributed by atoms with Crippen LogP contribution in [0.15, 0.2) is 53.4 Å². The lowest BCUT2D eigenvalue weighted by atomic mass is 10.2. The predicted molar refractivity (Wildman–Crippen MR) is 111 cm³/mol. The monoisotopic (exact) mass is 420 g/mol. The molecule has 1 N–H and O–H groups in total. The summed E-state index contributed by atoms with van der Waals surface area (Å²) in [5.41, 5.74) is 0.882. The molecule has 148 valence electrons. The van der Waals surface area contributed by atoms with Gasteiger partial charge < -0.3 is 15.0 Å². The number of anilines is 1. The third kappa shape index (κ3) is 6.28. The number of likely N-dealkylation sites (N-methyl/N-ethyl adjacent to an activating group) is 1. The van der Waals surface area contributed by atoms with Crippen molar-refractivity contribution >= 4 is 46.8 Å². The van der Waals surface area contributed by atoms with E-state index >= 15 is 0 Å². The first kappa shape index (κ1) is 21.8.